The number of aliphatic imine (C=N–C) groups is 1. The molecule has 0 spiro atoms. The van der Waals surface area contributed by atoms with Gasteiger partial charge in [0, 0.05) is 25.6 Å². The molecule has 0 bridgehead atoms. The van der Waals surface area contributed by atoms with Gasteiger partial charge in [-0.2, -0.15) is 0 Å². The smallest absolute Gasteiger partial charge is 0.306 e. The zero-order valence-electron chi connectivity index (χ0n) is 30.2. The fraction of sp³-hybridized carbons (Fsp3) is 0.459. The number of amides is 3. The van der Waals surface area contributed by atoms with Gasteiger partial charge in [0.2, 0.25) is 23.6 Å². The molecule has 10 N–H and O–H groups in total. The van der Waals surface area contributed by atoms with Gasteiger partial charge in [-0.25, -0.2) is 9.37 Å². The van der Waals surface area contributed by atoms with E-state index in [4.69, 9.17) is 21.0 Å². The monoisotopic (exact) mass is 737 g/mol. The van der Waals surface area contributed by atoms with Gasteiger partial charge in [-0.1, -0.05) is 42.5 Å². The van der Waals surface area contributed by atoms with E-state index in [2.05, 4.69) is 36.6 Å². The van der Waals surface area contributed by atoms with Crippen LogP contribution < -0.4 is 38.1 Å². The molecule has 1 fully saturated rings. The predicted molar refractivity (Wildman–Crippen MR) is 198 cm³/mol. The maximum Gasteiger partial charge on any atom is 0.306 e. The lowest BCUT2D eigenvalue weighted by Crippen LogP contribution is -2.53. The van der Waals surface area contributed by atoms with E-state index in [1.54, 1.807) is 26.1 Å². The number of nitrogens with two attached hydrogens (primary N) is 2. The maximum atomic E-state index is 12.9. The first-order chi connectivity index (χ1) is 25.4. The summed E-state index contributed by atoms with van der Waals surface area (Å²) in [4.78, 5) is 56.4. The molecular weight excluding hydrogens is 685 g/mol. The van der Waals surface area contributed by atoms with Gasteiger partial charge in [0.1, 0.15) is 24.2 Å². The third-order valence-corrected chi connectivity index (χ3v) is 8.62. The second-order valence-corrected chi connectivity index (χ2v) is 12.8. The molecule has 53 heavy (non-hydrogen) atoms. The summed E-state index contributed by atoms with van der Waals surface area (Å²) >= 11 is 0. The molecular formula is C37H52FN9O6. The number of rotatable bonds is 18. The molecule has 1 aromatic heterocycles. The average Bonchev–Trinajstić information content (AvgIpc) is 3.69. The Morgan fingerprint density at radius 2 is 1.68 bits per heavy atom. The molecule has 15 nitrogen and oxygen atoms in total. The number of carbonyl (C=O) groups excluding carboxylic acids is 3. The number of carboxylic acid groups (broad SMARTS) is 1. The topological polar surface area (TPSA) is 239 Å². The highest BCUT2D eigenvalue weighted by Gasteiger charge is 2.29. The Balaban J connectivity index is 0.000000321. The second-order valence-electron chi connectivity index (χ2n) is 12.8. The Morgan fingerprint density at radius 1 is 0.981 bits per heavy atom. The first-order valence-electron chi connectivity index (χ1n) is 17.7. The minimum atomic E-state index is -0.760. The minimum Gasteiger partial charge on any atom is -0.481 e. The molecule has 4 rings (SSSR count). The fourth-order valence-electron chi connectivity index (χ4n) is 5.78. The number of carboxylic acids is 1. The van der Waals surface area contributed by atoms with Crippen LogP contribution in [0.3, 0.4) is 0 Å². The number of carbonyl (C=O) groups is 4. The van der Waals surface area contributed by atoms with Crippen LogP contribution in [-0.2, 0) is 32.1 Å². The number of hydrogen-bond donors (Lipinski definition) is 8. The Hall–Kier alpha value is -5.35. The van der Waals surface area contributed by atoms with E-state index in [1.807, 2.05) is 30.3 Å². The summed E-state index contributed by atoms with van der Waals surface area (Å²) < 4.78 is 18.1. The van der Waals surface area contributed by atoms with Crippen LogP contribution in [0.2, 0.25) is 0 Å². The molecule has 3 aromatic rings. The molecule has 288 valence electrons. The molecule has 16 heteroatoms. The molecule has 1 heterocycles. The normalized spacial score (nSPS) is 16.8. The van der Waals surface area contributed by atoms with Gasteiger partial charge < -0.3 is 47.6 Å². The number of nitrogens with zero attached hydrogens (tertiary/aromatic N) is 2. The lowest BCUT2D eigenvalue weighted by atomic mass is 9.86. The van der Waals surface area contributed by atoms with Crippen molar-refractivity contribution in [3.8, 4) is 0 Å². The average molecular weight is 738 g/mol. The highest BCUT2D eigenvalue weighted by atomic mass is 19.1. The van der Waals surface area contributed by atoms with Crippen molar-refractivity contribution >= 4 is 29.7 Å². The van der Waals surface area contributed by atoms with Gasteiger partial charge in [0.15, 0.2) is 5.96 Å². The van der Waals surface area contributed by atoms with Crippen LogP contribution in [0, 0.1) is 11.7 Å². The van der Waals surface area contributed by atoms with Gasteiger partial charge in [0.25, 0.3) is 0 Å². The molecule has 1 aliphatic rings. The first kappa shape index (κ1) is 42.1. The van der Waals surface area contributed by atoms with E-state index in [1.165, 1.54) is 24.6 Å². The predicted octanol–water partition coefficient (Wildman–Crippen LogP) is 1.90. The summed E-state index contributed by atoms with van der Waals surface area (Å²) in [7, 11) is 1.69. The molecule has 1 saturated carbocycles. The van der Waals surface area contributed by atoms with Crippen LogP contribution in [0.5, 0.6) is 0 Å². The third kappa shape index (κ3) is 15.8. The third-order valence-electron chi connectivity index (χ3n) is 8.62. The summed E-state index contributed by atoms with van der Waals surface area (Å²) in [5.74, 6) is -1.65. The van der Waals surface area contributed by atoms with Gasteiger partial charge in [-0.15, -0.1) is 0 Å². The number of halogens is 1. The van der Waals surface area contributed by atoms with Crippen LogP contribution >= 0.6 is 0 Å². The van der Waals surface area contributed by atoms with E-state index < -0.39 is 18.1 Å². The highest BCUT2D eigenvalue weighted by molar-refractivity contribution is 5.89. The van der Waals surface area contributed by atoms with Crippen molar-refractivity contribution in [1.82, 2.24) is 31.6 Å². The van der Waals surface area contributed by atoms with Crippen LogP contribution in [0.4, 0.5) is 4.39 Å². The van der Waals surface area contributed by atoms with Crippen molar-refractivity contribution in [2.24, 2.45) is 22.4 Å². The Kier molecular flexibility index (Phi) is 17.9. The largest absolute Gasteiger partial charge is 0.481 e. The zero-order valence-corrected chi connectivity index (χ0v) is 30.2. The molecule has 0 saturated heterocycles. The van der Waals surface area contributed by atoms with Crippen LogP contribution in [0.15, 0.2) is 76.5 Å². The summed E-state index contributed by atoms with van der Waals surface area (Å²) in [5.41, 5.74) is 12.6. The van der Waals surface area contributed by atoms with E-state index >= 15 is 0 Å². The SMILES string of the molecule is CNCC(=O)N[C@@H](Cc1ccc(F)cc1)c1ncco1.C[C@H](NC1CCC(C(=O)O)CC1)C(=O)N[C@@H](CCCN=C(N)N)C(=O)NCc1ccccc1. The maximum absolute atomic E-state index is 12.9. The summed E-state index contributed by atoms with van der Waals surface area (Å²) in [5, 5.41) is 23.7. The number of aromatic nitrogens is 1. The number of hydrogen-bond acceptors (Lipinski definition) is 9. The van der Waals surface area contributed by atoms with E-state index in [9.17, 15) is 23.6 Å². The van der Waals surface area contributed by atoms with Crippen molar-refractivity contribution in [2.45, 2.75) is 82.6 Å². The Labute approximate surface area is 309 Å². The van der Waals surface area contributed by atoms with Crippen molar-refractivity contribution < 1.29 is 33.1 Å². The van der Waals surface area contributed by atoms with Crippen LogP contribution in [0.1, 0.15) is 68.5 Å². The molecule has 3 atom stereocenters. The van der Waals surface area contributed by atoms with Crippen LogP contribution in [-0.4, -0.2) is 78.0 Å². The number of oxazole rings is 1. The number of likely N-dealkylation sites (N-methyl/N-ethyl adjacent to an activating group) is 1. The molecule has 3 amide bonds. The molecule has 0 radical (unpaired) electrons. The summed E-state index contributed by atoms with van der Waals surface area (Å²) in [6, 6.07) is 14.1. The van der Waals surface area contributed by atoms with Gasteiger partial charge >= 0.3 is 5.97 Å². The molecule has 0 unspecified atom stereocenters. The van der Waals surface area contributed by atoms with E-state index in [-0.39, 0.29) is 54.0 Å². The molecule has 2 aromatic carbocycles. The fourth-order valence-corrected chi connectivity index (χ4v) is 5.78. The second kappa shape index (κ2) is 22.6. The zero-order chi connectivity index (χ0) is 38.6. The number of aliphatic carboxylic acids is 1. The lowest BCUT2D eigenvalue weighted by molar-refractivity contribution is -0.143. The van der Waals surface area contributed by atoms with Gasteiger partial charge in [-0.3, -0.25) is 24.2 Å². The first-order valence-corrected chi connectivity index (χ1v) is 17.7. The molecule has 1 aliphatic carbocycles. The lowest BCUT2D eigenvalue weighted by Gasteiger charge is -2.29. The van der Waals surface area contributed by atoms with Crippen LogP contribution in [0.25, 0.3) is 0 Å². The quantitative estimate of drug-likeness (QED) is 0.0533. The van der Waals surface area contributed by atoms with Crippen molar-refractivity contribution in [3.63, 3.8) is 0 Å². The van der Waals surface area contributed by atoms with Gasteiger partial charge in [-0.05, 0) is 75.8 Å². The Morgan fingerprint density at radius 3 is 2.28 bits per heavy atom. The minimum absolute atomic E-state index is 0.0143. The van der Waals surface area contributed by atoms with Crippen molar-refractivity contribution in [2.75, 3.05) is 20.1 Å². The highest BCUT2D eigenvalue weighted by Crippen LogP contribution is 2.24. The van der Waals surface area contributed by atoms with Crippen molar-refractivity contribution in [1.29, 1.82) is 0 Å². The number of nitrogens with one attached hydrogen (secondary N) is 5. The number of benzene rings is 2. The number of guanidine groups is 1. The standard InChI is InChI=1S/C23H36N6O4.C14H16FN3O2/c1-15(28-18-11-9-17(10-12-18)22(32)33)20(30)29-19(8-5-13-26-23(24)25)21(31)27-14-16-6-3-2-4-7-16;1-16-9-13(19)18-12(14-17-6-7-20-14)8-10-2-4-11(15)5-3-10/h2-4,6-7,15,17-19,28H,5,8-14H2,1H3,(H,27,31)(H,29,30)(H,32,33)(H4,24,25,26);2-7,12,16H,8-9H2,1H3,(H,18,19)/t15-,17?,18?,19-;12-/m00/s1. The van der Waals surface area contributed by atoms with E-state index in [0.29, 0.717) is 63.9 Å². The van der Waals surface area contributed by atoms with Gasteiger partial charge in [0.05, 0.1) is 24.7 Å². The summed E-state index contributed by atoms with van der Waals surface area (Å²) in [6.07, 6.45) is 6.97. The Bertz CT molecular complexity index is 1580. The van der Waals surface area contributed by atoms with Crippen molar-refractivity contribution in [3.05, 3.63) is 89.9 Å². The van der Waals surface area contributed by atoms with E-state index in [0.717, 1.165) is 11.1 Å². The summed E-state index contributed by atoms with van der Waals surface area (Å²) in [6.45, 7) is 2.68. The molecule has 0 aliphatic heterocycles.